The van der Waals surface area contributed by atoms with E-state index in [0.29, 0.717) is 12.6 Å². The number of hydrogen-bond acceptors (Lipinski definition) is 5. The maximum Gasteiger partial charge on any atom is 0.161 e. The van der Waals surface area contributed by atoms with Gasteiger partial charge in [-0.3, -0.25) is 4.98 Å². The normalized spacial score (nSPS) is 14.0. The second-order valence-electron chi connectivity index (χ2n) is 7.04. The molecule has 3 aromatic rings. The van der Waals surface area contributed by atoms with Gasteiger partial charge in [0, 0.05) is 36.3 Å². The van der Waals surface area contributed by atoms with Crippen LogP contribution < -0.4 is 14.8 Å². The van der Waals surface area contributed by atoms with Gasteiger partial charge >= 0.3 is 0 Å². The van der Waals surface area contributed by atoms with Crippen molar-refractivity contribution in [1.82, 2.24) is 9.97 Å². The molecule has 1 aliphatic rings. The highest BCUT2D eigenvalue weighted by Gasteiger charge is 2.18. The summed E-state index contributed by atoms with van der Waals surface area (Å²) in [6, 6.07) is 14.1. The van der Waals surface area contributed by atoms with E-state index < -0.39 is 0 Å². The van der Waals surface area contributed by atoms with Crippen LogP contribution in [0.1, 0.15) is 31.2 Å². The Hall–Kier alpha value is -3.08. The number of pyridine rings is 2. The lowest BCUT2D eigenvalue weighted by molar-refractivity contribution is 0.200. The monoisotopic (exact) mass is 375 g/mol. The first kappa shape index (κ1) is 18.3. The van der Waals surface area contributed by atoms with E-state index in [2.05, 4.69) is 33.5 Å². The van der Waals surface area contributed by atoms with E-state index in [1.54, 1.807) is 13.3 Å². The van der Waals surface area contributed by atoms with Crippen molar-refractivity contribution in [3.05, 3.63) is 66.6 Å². The Morgan fingerprint density at radius 1 is 1.00 bits per heavy atom. The van der Waals surface area contributed by atoms with Crippen LogP contribution >= 0.6 is 0 Å². The molecule has 0 spiro atoms. The van der Waals surface area contributed by atoms with Crippen LogP contribution in [0.4, 0.5) is 5.82 Å². The van der Waals surface area contributed by atoms with Crippen molar-refractivity contribution in [3.8, 4) is 22.6 Å². The molecule has 4 rings (SSSR count). The lowest BCUT2D eigenvalue weighted by Gasteiger charge is -2.17. The van der Waals surface area contributed by atoms with Crippen LogP contribution in [0.5, 0.6) is 11.5 Å². The molecule has 0 unspecified atom stereocenters. The Kier molecular flexibility index (Phi) is 5.71. The Balaban J connectivity index is 1.41. The molecule has 0 amide bonds. The SMILES string of the molecule is COc1ccc(CNc2ccc(-c3cccnc3)cn2)cc1OC1CCCC1. The molecular weight excluding hydrogens is 350 g/mol. The number of nitrogens with zero attached hydrogens (tertiary/aromatic N) is 2. The number of anilines is 1. The summed E-state index contributed by atoms with van der Waals surface area (Å²) in [6.07, 6.45) is 10.5. The minimum absolute atomic E-state index is 0.304. The first-order valence-corrected chi connectivity index (χ1v) is 9.76. The fraction of sp³-hybridized carbons (Fsp3) is 0.304. The molecule has 28 heavy (non-hydrogen) atoms. The largest absolute Gasteiger partial charge is 0.493 e. The predicted octanol–water partition coefficient (Wildman–Crippen LogP) is 5.09. The number of methoxy groups -OCH3 is 1. The highest BCUT2D eigenvalue weighted by atomic mass is 16.5. The number of nitrogens with one attached hydrogen (secondary N) is 1. The molecule has 0 saturated heterocycles. The lowest BCUT2D eigenvalue weighted by atomic mass is 10.1. The molecule has 5 heteroatoms. The first-order valence-electron chi connectivity index (χ1n) is 9.76. The average Bonchev–Trinajstić information content (AvgIpc) is 3.26. The van der Waals surface area contributed by atoms with Gasteiger partial charge in [0.15, 0.2) is 11.5 Å². The Morgan fingerprint density at radius 3 is 2.57 bits per heavy atom. The fourth-order valence-electron chi connectivity index (χ4n) is 3.50. The van der Waals surface area contributed by atoms with E-state index in [1.165, 1.54) is 12.8 Å². The van der Waals surface area contributed by atoms with Crippen molar-refractivity contribution in [3.63, 3.8) is 0 Å². The molecule has 0 atom stereocenters. The third-order valence-electron chi connectivity index (χ3n) is 5.06. The Bertz CT molecular complexity index is 891. The third kappa shape index (κ3) is 4.42. The van der Waals surface area contributed by atoms with Gasteiger partial charge in [-0.15, -0.1) is 0 Å². The van der Waals surface area contributed by atoms with Gasteiger partial charge in [0.2, 0.25) is 0 Å². The maximum atomic E-state index is 6.18. The van der Waals surface area contributed by atoms with Crippen LogP contribution in [0.25, 0.3) is 11.1 Å². The van der Waals surface area contributed by atoms with Crippen molar-refractivity contribution in [2.75, 3.05) is 12.4 Å². The van der Waals surface area contributed by atoms with Crippen molar-refractivity contribution in [2.24, 2.45) is 0 Å². The van der Waals surface area contributed by atoms with Crippen molar-refractivity contribution >= 4 is 5.82 Å². The summed E-state index contributed by atoms with van der Waals surface area (Å²) in [7, 11) is 1.68. The molecule has 1 fully saturated rings. The van der Waals surface area contributed by atoms with Crippen molar-refractivity contribution in [1.29, 1.82) is 0 Å². The van der Waals surface area contributed by atoms with E-state index in [0.717, 1.165) is 46.8 Å². The fourth-order valence-corrected chi connectivity index (χ4v) is 3.50. The van der Waals surface area contributed by atoms with Crippen LogP contribution in [-0.4, -0.2) is 23.2 Å². The number of aromatic nitrogens is 2. The maximum absolute atomic E-state index is 6.18. The van der Waals surface area contributed by atoms with E-state index in [-0.39, 0.29) is 0 Å². The molecule has 0 bridgehead atoms. The predicted molar refractivity (Wildman–Crippen MR) is 111 cm³/mol. The second kappa shape index (κ2) is 8.74. The minimum Gasteiger partial charge on any atom is -0.493 e. The molecule has 0 radical (unpaired) electrons. The zero-order valence-electron chi connectivity index (χ0n) is 16.1. The van der Waals surface area contributed by atoms with Crippen LogP contribution in [0.15, 0.2) is 61.1 Å². The van der Waals surface area contributed by atoms with Gasteiger partial charge in [0.1, 0.15) is 5.82 Å². The minimum atomic E-state index is 0.304. The molecule has 1 aromatic carbocycles. The molecule has 1 saturated carbocycles. The van der Waals surface area contributed by atoms with Crippen molar-refractivity contribution in [2.45, 2.75) is 38.3 Å². The molecule has 2 aromatic heterocycles. The van der Waals surface area contributed by atoms with Crippen LogP contribution in [0.2, 0.25) is 0 Å². The van der Waals surface area contributed by atoms with Crippen LogP contribution in [-0.2, 0) is 6.54 Å². The zero-order valence-corrected chi connectivity index (χ0v) is 16.1. The first-order chi connectivity index (χ1) is 13.8. The molecule has 0 aliphatic heterocycles. The van der Waals surface area contributed by atoms with E-state index in [9.17, 15) is 0 Å². The second-order valence-corrected chi connectivity index (χ2v) is 7.04. The van der Waals surface area contributed by atoms with Crippen LogP contribution in [0.3, 0.4) is 0 Å². The Labute approximate surface area is 165 Å². The van der Waals surface area contributed by atoms with Crippen molar-refractivity contribution < 1.29 is 9.47 Å². The smallest absolute Gasteiger partial charge is 0.161 e. The summed E-state index contributed by atoms with van der Waals surface area (Å²) in [4.78, 5) is 8.67. The third-order valence-corrected chi connectivity index (χ3v) is 5.06. The van der Waals surface area contributed by atoms with Gasteiger partial charge in [-0.1, -0.05) is 12.1 Å². The summed E-state index contributed by atoms with van der Waals surface area (Å²) >= 11 is 0. The van der Waals surface area contributed by atoms with Crippen LogP contribution in [0, 0.1) is 0 Å². The molecule has 2 heterocycles. The number of ether oxygens (including phenoxy) is 2. The van der Waals surface area contributed by atoms with Gasteiger partial charge in [-0.25, -0.2) is 4.98 Å². The van der Waals surface area contributed by atoms with E-state index in [4.69, 9.17) is 9.47 Å². The topological polar surface area (TPSA) is 56.3 Å². The summed E-state index contributed by atoms with van der Waals surface area (Å²) in [5.41, 5.74) is 3.24. The average molecular weight is 375 g/mol. The van der Waals surface area contributed by atoms with Gasteiger partial charge in [0.25, 0.3) is 0 Å². The van der Waals surface area contributed by atoms with Gasteiger partial charge in [0.05, 0.1) is 13.2 Å². The summed E-state index contributed by atoms with van der Waals surface area (Å²) < 4.78 is 11.6. The molecule has 1 N–H and O–H groups in total. The Morgan fingerprint density at radius 2 is 1.86 bits per heavy atom. The highest BCUT2D eigenvalue weighted by molar-refractivity contribution is 5.62. The van der Waals surface area contributed by atoms with Gasteiger partial charge in [-0.05, 0) is 61.6 Å². The van der Waals surface area contributed by atoms with E-state index in [1.807, 2.05) is 36.7 Å². The quantitative estimate of drug-likeness (QED) is 0.624. The van der Waals surface area contributed by atoms with E-state index >= 15 is 0 Å². The van der Waals surface area contributed by atoms with Gasteiger partial charge < -0.3 is 14.8 Å². The molecule has 5 nitrogen and oxygen atoms in total. The van der Waals surface area contributed by atoms with Gasteiger partial charge in [-0.2, -0.15) is 0 Å². The highest BCUT2D eigenvalue weighted by Crippen LogP contribution is 2.32. The number of rotatable bonds is 7. The molecule has 1 aliphatic carbocycles. The summed E-state index contributed by atoms with van der Waals surface area (Å²) in [6.45, 7) is 0.671. The summed E-state index contributed by atoms with van der Waals surface area (Å²) in [5, 5.41) is 3.37. The zero-order chi connectivity index (χ0) is 19.2. The molecule has 144 valence electrons. The molecular formula is C23H25N3O2. The standard InChI is InChI=1S/C23H25N3O2/c1-27-21-10-8-17(13-22(21)28-20-6-2-3-7-20)14-25-23-11-9-19(16-26-23)18-5-4-12-24-15-18/h4-5,8-13,15-16,20H,2-3,6-7,14H2,1H3,(H,25,26). The number of benzene rings is 1. The lowest BCUT2D eigenvalue weighted by Crippen LogP contribution is -2.12. The number of hydrogen-bond donors (Lipinski definition) is 1. The summed E-state index contributed by atoms with van der Waals surface area (Å²) in [5.74, 6) is 2.45.